The van der Waals surface area contributed by atoms with Crippen LogP contribution in [0.5, 0.6) is 0 Å². The number of hydrogen-bond acceptors (Lipinski definition) is 4. The Labute approximate surface area is 111 Å². The molecule has 2 fully saturated rings. The van der Waals surface area contributed by atoms with E-state index < -0.39 is 5.60 Å². The average Bonchev–Trinajstić information content (AvgIpc) is 2.38. The third kappa shape index (κ3) is 3.67. The second-order valence-electron chi connectivity index (χ2n) is 5.98. The molecule has 0 aliphatic carbocycles. The van der Waals surface area contributed by atoms with Crippen LogP contribution in [0.2, 0.25) is 0 Å². The van der Waals surface area contributed by atoms with Crippen LogP contribution in [0.25, 0.3) is 0 Å². The van der Waals surface area contributed by atoms with E-state index in [4.69, 9.17) is 4.74 Å². The quantitative estimate of drug-likeness (QED) is 0.783. The molecule has 2 rings (SSSR count). The molecule has 4 nitrogen and oxygen atoms in total. The van der Waals surface area contributed by atoms with Gasteiger partial charge in [-0.05, 0) is 25.4 Å². The Morgan fingerprint density at radius 1 is 1.39 bits per heavy atom. The van der Waals surface area contributed by atoms with Crippen molar-refractivity contribution in [1.82, 2.24) is 10.2 Å². The molecular formula is C14H28N2O2. The molecule has 2 unspecified atom stereocenters. The highest BCUT2D eigenvalue weighted by Crippen LogP contribution is 2.22. The Morgan fingerprint density at radius 2 is 2.11 bits per heavy atom. The van der Waals surface area contributed by atoms with Gasteiger partial charge >= 0.3 is 0 Å². The van der Waals surface area contributed by atoms with Gasteiger partial charge in [0.1, 0.15) is 0 Å². The fraction of sp³-hybridized carbons (Fsp3) is 1.00. The Bertz CT molecular complexity index is 254. The first kappa shape index (κ1) is 14.3. The molecule has 2 aliphatic heterocycles. The second kappa shape index (κ2) is 6.33. The molecule has 2 atom stereocenters. The van der Waals surface area contributed by atoms with Crippen molar-refractivity contribution >= 4 is 0 Å². The number of nitrogens with zero attached hydrogens (tertiary/aromatic N) is 1. The fourth-order valence-corrected chi connectivity index (χ4v) is 3.07. The van der Waals surface area contributed by atoms with Gasteiger partial charge < -0.3 is 20.1 Å². The van der Waals surface area contributed by atoms with E-state index in [9.17, 15) is 5.11 Å². The summed E-state index contributed by atoms with van der Waals surface area (Å²) in [5.41, 5.74) is -0.542. The molecular weight excluding hydrogens is 228 g/mol. The molecule has 2 N–H and O–H groups in total. The fourth-order valence-electron chi connectivity index (χ4n) is 3.07. The average molecular weight is 256 g/mol. The first-order chi connectivity index (χ1) is 8.63. The van der Waals surface area contributed by atoms with Crippen LogP contribution in [0.15, 0.2) is 0 Å². The summed E-state index contributed by atoms with van der Waals surface area (Å²) in [6.45, 7) is 10.2. The molecule has 2 saturated heterocycles. The SMILES string of the molecule is CCN1CCC(NCC2(O)CCOCC2)C(C)C1. The molecule has 0 aromatic heterocycles. The van der Waals surface area contributed by atoms with Gasteiger partial charge in [-0.1, -0.05) is 13.8 Å². The first-order valence-corrected chi connectivity index (χ1v) is 7.39. The number of aliphatic hydroxyl groups is 1. The lowest BCUT2D eigenvalue weighted by molar-refractivity contribution is -0.0644. The van der Waals surface area contributed by atoms with E-state index in [1.807, 2.05) is 0 Å². The maximum atomic E-state index is 10.4. The van der Waals surface area contributed by atoms with E-state index in [1.54, 1.807) is 0 Å². The molecule has 0 radical (unpaired) electrons. The van der Waals surface area contributed by atoms with Crippen LogP contribution in [0.3, 0.4) is 0 Å². The number of nitrogens with one attached hydrogen (secondary N) is 1. The van der Waals surface area contributed by atoms with Crippen molar-refractivity contribution in [3.8, 4) is 0 Å². The maximum absolute atomic E-state index is 10.4. The van der Waals surface area contributed by atoms with Crippen LogP contribution < -0.4 is 5.32 Å². The number of piperidine rings is 1. The molecule has 4 heteroatoms. The minimum Gasteiger partial charge on any atom is -0.388 e. The molecule has 0 bridgehead atoms. The van der Waals surface area contributed by atoms with Gasteiger partial charge in [0.05, 0.1) is 5.60 Å². The van der Waals surface area contributed by atoms with Gasteiger partial charge in [-0.2, -0.15) is 0 Å². The van der Waals surface area contributed by atoms with Gasteiger partial charge in [0, 0.05) is 45.2 Å². The summed E-state index contributed by atoms with van der Waals surface area (Å²) in [5, 5.41) is 14.0. The smallest absolute Gasteiger partial charge is 0.0815 e. The third-order valence-electron chi connectivity index (χ3n) is 4.55. The topological polar surface area (TPSA) is 44.7 Å². The molecule has 18 heavy (non-hydrogen) atoms. The highest BCUT2D eigenvalue weighted by Gasteiger charge is 2.32. The predicted octanol–water partition coefficient (Wildman–Crippen LogP) is 0.848. The van der Waals surface area contributed by atoms with E-state index in [1.165, 1.54) is 19.5 Å². The summed E-state index contributed by atoms with van der Waals surface area (Å²) in [6.07, 6.45) is 2.73. The van der Waals surface area contributed by atoms with Crippen molar-refractivity contribution in [2.75, 3.05) is 39.4 Å². The molecule has 0 saturated carbocycles. The van der Waals surface area contributed by atoms with Gasteiger partial charge in [-0.15, -0.1) is 0 Å². The lowest BCUT2D eigenvalue weighted by Crippen LogP contribution is -2.53. The highest BCUT2D eigenvalue weighted by molar-refractivity contribution is 4.88. The minimum atomic E-state index is -0.542. The monoisotopic (exact) mass is 256 g/mol. The molecule has 0 aromatic carbocycles. The third-order valence-corrected chi connectivity index (χ3v) is 4.55. The van der Waals surface area contributed by atoms with E-state index >= 15 is 0 Å². The van der Waals surface area contributed by atoms with Gasteiger partial charge in [0.2, 0.25) is 0 Å². The lowest BCUT2D eigenvalue weighted by atomic mass is 9.90. The van der Waals surface area contributed by atoms with Gasteiger partial charge in [0.25, 0.3) is 0 Å². The summed E-state index contributed by atoms with van der Waals surface area (Å²) in [6, 6.07) is 0.555. The Balaban J connectivity index is 1.76. The van der Waals surface area contributed by atoms with E-state index in [0.717, 1.165) is 25.9 Å². The molecule has 0 amide bonds. The van der Waals surface area contributed by atoms with Crippen LogP contribution in [-0.2, 0) is 4.74 Å². The molecule has 0 aromatic rings. The standard InChI is InChI=1S/C14H28N2O2/c1-3-16-7-4-13(12(2)10-16)15-11-14(17)5-8-18-9-6-14/h12-13,15,17H,3-11H2,1-2H3. The zero-order chi connectivity index (χ0) is 13.0. The molecule has 2 aliphatic rings. The molecule has 106 valence electrons. The van der Waals surface area contributed by atoms with Crippen LogP contribution in [0.4, 0.5) is 0 Å². The highest BCUT2D eigenvalue weighted by atomic mass is 16.5. The van der Waals surface area contributed by atoms with Gasteiger partial charge in [0.15, 0.2) is 0 Å². The zero-order valence-corrected chi connectivity index (χ0v) is 11.8. The Morgan fingerprint density at radius 3 is 2.72 bits per heavy atom. The summed E-state index contributed by atoms with van der Waals surface area (Å²) >= 11 is 0. The van der Waals surface area contributed by atoms with Crippen molar-refractivity contribution in [3.63, 3.8) is 0 Å². The van der Waals surface area contributed by atoms with E-state index in [0.29, 0.717) is 25.2 Å². The number of ether oxygens (including phenoxy) is 1. The molecule has 0 spiro atoms. The predicted molar refractivity (Wildman–Crippen MR) is 72.7 cm³/mol. The largest absolute Gasteiger partial charge is 0.388 e. The first-order valence-electron chi connectivity index (χ1n) is 7.39. The minimum absolute atomic E-state index is 0.542. The number of rotatable bonds is 4. The summed E-state index contributed by atoms with van der Waals surface area (Å²) in [5.74, 6) is 0.669. The van der Waals surface area contributed by atoms with E-state index in [2.05, 4.69) is 24.1 Å². The summed E-state index contributed by atoms with van der Waals surface area (Å²) in [4.78, 5) is 2.51. The Hall–Kier alpha value is -0.160. The summed E-state index contributed by atoms with van der Waals surface area (Å²) in [7, 11) is 0. The van der Waals surface area contributed by atoms with E-state index in [-0.39, 0.29) is 0 Å². The van der Waals surface area contributed by atoms with Crippen molar-refractivity contribution < 1.29 is 9.84 Å². The Kier molecular flexibility index (Phi) is 5.01. The van der Waals surface area contributed by atoms with Gasteiger partial charge in [-0.3, -0.25) is 0 Å². The number of hydrogen-bond donors (Lipinski definition) is 2. The van der Waals surface area contributed by atoms with Gasteiger partial charge in [-0.25, -0.2) is 0 Å². The summed E-state index contributed by atoms with van der Waals surface area (Å²) < 4.78 is 5.31. The zero-order valence-electron chi connectivity index (χ0n) is 11.8. The van der Waals surface area contributed by atoms with Crippen LogP contribution in [0.1, 0.15) is 33.1 Å². The lowest BCUT2D eigenvalue weighted by Gasteiger charge is -2.39. The van der Waals surface area contributed by atoms with Crippen LogP contribution in [0, 0.1) is 5.92 Å². The normalized spacial score (nSPS) is 33.5. The van der Waals surface area contributed by atoms with Crippen molar-refractivity contribution in [1.29, 1.82) is 0 Å². The van der Waals surface area contributed by atoms with Crippen molar-refractivity contribution in [3.05, 3.63) is 0 Å². The second-order valence-corrected chi connectivity index (χ2v) is 5.98. The number of likely N-dealkylation sites (tertiary alicyclic amines) is 1. The molecule has 2 heterocycles. The van der Waals surface area contributed by atoms with Crippen molar-refractivity contribution in [2.24, 2.45) is 5.92 Å². The van der Waals surface area contributed by atoms with Crippen molar-refractivity contribution in [2.45, 2.75) is 44.8 Å². The maximum Gasteiger partial charge on any atom is 0.0815 e. The van der Waals surface area contributed by atoms with Crippen LogP contribution in [-0.4, -0.2) is 61.0 Å². The van der Waals surface area contributed by atoms with Crippen LogP contribution >= 0.6 is 0 Å².